The molecule has 0 bridgehead atoms. The summed E-state index contributed by atoms with van der Waals surface area (Å²) < 4.78 is 5.18. The van der Waals surface area contributed by atoms with Crippen LogP contribution in [0, 0.1) is 0 Å². The lowest BCUT2D eigenvalue weighted by Crippen LogP contribution is -2.47. The van der Waals surface area contributed by atoms with Crippen molar-refractivity contribution in [3.8, 4) is 5.75 Å². The first kappa shape index (κ1) is 16.3. The molecular formula is C19H28N2O2. The van der Waals surface area contributed by atoms with Crippen LogP contribution in [-0.4, -0.2) is 55.0 Å². The van der Waals surface area contributed by atoms with E-state index >= 15 is 0 Å². The highest BCUT2D eigenvalue weighted by molar-refractivity contribution is 5.77. The minimum absolute atomic E-state index is 0.323. The number of ether oxygens (including phenoxy) is 1. The lowest BCUT2D eigenvalue weighted by atomic mass is 10.0. The van der Waals surface area contributed by atoms with Gasteiger partial charge in [0, 0.05) is 25.0 Å². The van der Waals surface area contributed by atoms with Crippen molar-refractivity contribution < 1.29 is 9.53 Å². The maximum Gasteiger partial charge on any atom is 0.223 e. The fraction of sp³-hybridized carbons (Fsp3) is 0.632. The van der Waals surface area contributed by atoms with Gasteiger partial charge in [-0.3, -0.25) is 4.79 Å². The molecule has 0 saturated carbocycles. The molecule has 2 atom stereocenters. The lowest BCUT2D eigenvalue weighted by molar-refractivity contribution is -0.132. The number of benzene rings is 1. The van der Waals surface area contributed by atoms with E-state index < -0.39 is 0 Å². The Bertz CT molecular complexity index is 529. The minimum Gasteiger partial charge on any atom is -0.497 e. The molecule has 2 saturated heterocycles. The Balaban J connectivity index is 1.56. The smallest absolute Gasteiger partial charge is 0.223 e. The molecule has 0 aliphatic carbocycles. The third-order valence-corrected chi connectivity index (χ3v) is 5.43. The van der Waals surface area contributed by atoms with Gasteiger partial charge in [-0.1, -0.05) is 12.1 Å². The summed E-state index contributed by atoms with van der Waals surface area (Å²) in [5.74, 6) is 1.19. The first-order chi connectivity index (χ1) is 11.2. The molecule has 23 heavy (non-hydrogen) atoms. The van der Waals surface area contributed by atoms with Crippen molar-refractivity contribution >= 4 is 5.91 Å². The van der Waals surface area contributed by atoms with Crippen LogP contribution in [0.1, 0.15) is 37.7 Å². The lowest BCUT2D eigenvalue weighted by Gasteiger charge is -2.33. The van der Waals surface area contributed by atoms with Gasteiger partial charge in [-0.15, -0.1) is 0 Å². The number of methoxy groups -OCH3 is 1. The van der Waals surface area contributed by atoms with Gasteiger partial charge in [-0.05, 0) is 63.4 Å². The number of aryl methyl sites for hydroxylation is 1. The second kappa shape index (κ2) is 7.35. The van der Waals surface area contributed by atoms with Gasteiger partial charge in [0.2, 0.25) is 5.91 Å². The van der Waals surface area contributed by atoms with Crippen LogP contribution in [0.4, 0.5) is 0 Å². The van der Waals surface area contributed by atoms with Gasteiger partial charge < -0.3 is 14.5 Å². The van der Waals surface area contributed by atoms with E-state index in [1.54, 1.807) is 7.11 Å². The number of nitrogens with zero attached hydrogens (tertiary/aromatic N) is 2. The predicted molar refractivity (Wildman–Crippen MR) is 91.7 cm³/mol. The van der Waals surface area contributed by atoms with Gasteiger partial charge in [0.1, 0.15) is 5.75 Å². The molecule has 2 fully saturated rings. The van der Waals surface area contributed by atoms with Gasteiger partial charge in [-0.2, -0.15) is 0 Å². The molecule has 3 rings (SSSR count). The number of hydrogen-bond acceptors (Lipinski definition) is 3. The number of likely N-dealkylation sites (N-methyl/N-ethyl adjacent to an activating group) is 1. The highest BCUT2D eigenvalue weighted by Crippen LogP contribution is 2.29. The van der Waals surface area contributed by atoms with E-state index in [-0.39, 0.29) is 0 Å². The van der Waals surface area contributed by atoms with Gasteiger partial charge in [0.15, 0.2) is 0 Å². The van der Waals surface area contributed by atoms with Crippen molar-refractivity contribution in [2.24, 2.45) is 0 Å². The van der Waals surface area contributed by atoms with Crippen LogP contribution in [0.3, 0.4) is 0 Å². The van der Waals surface area contributed by atoms with Crippen LogP contribution in [0.2, 0.25) is 0 Å². The van der Waals surface area contributed by atoms with Gasteiger partial charge >= 0.3 is 0 Å². The molecule has 126 valence electrons. The van der Waals surface area contributed by atoms with Gasteiger partial charge in [0.25, 0.3) is 0 Å². The molecule has 2 aliphatic rings. The Morgan fingerprint density at radius 1 is 1.13 bits per heavy atom. The monoisotopic (exact) mass is 316 g/mol. The molecule has 0 aromatic heterocycles. The Morgan fingerprint density at radius 3 is 2.48 bits per heavy atom. The predicted octanol–water partition coefficient (Wildman–Crippen LogP) is 2.71. The van der Waals surface area contributed by atoms with Crippen LogP contribution < -0.4 is 4.74 Å². The summed E-state index contributed by atoms with van der Waals surface area (Å²) in [4.78, 5) is 17.3. The summed E-state index contributed by atoms with van der Waals surface area (Å²) in [6, 6.07) is 9.04. The number of amides is 1. The van der Waals surface area contributed by atoms with E-state index in [2.05, 4.69) is 29.0 Å². The molecule has 4 heteroatoms. The van der Waals surface area contributed by atoms with Crippen LogP contribution in [0.15, 0.2) is 24.3 Å². The Hall–Kier alpha value is -1.55. The first-order valence-electron chi connectivity index (χ1n) is 8.81. The quantitative estimate of drug-likeness (QED) is 0.837. The summed E-state index contributed by atoms with van der Waals surface area (Å²) in [6.07, 6.45) is 6.26. The van der Waals surface area contributed by atoms with Gasteiger partial charge in [-0.25, -0.2) is 0 Å². The molecule has 0 unspecified atom stereocenters. The summed E-state index contributed by atoms with van der Waals surface area (Å²) in [6.45, 7) is 2.12. The van der Waals surface area contributed by atoms with Crippen LogP contribution >= 0.6 is 0 Å². The second-order valence-corrected chi connectivity index (χ2v) is 6.83. The highest BCUT2D eigenvalue weighted by atomic mass is 16.5. The summed E-state index contributed by atoms with van der Waals surface area (Å²) in [5.41, 5.74) is 1.20. The number of likely N-dealkylation sites (tertiary alicyclic amines) is 2. The van der Waals surface area contributed by atoms with Crippen molar-refractivity contribution in [3.63, 3.8) is 0 Å². The molecule has 0 radical (unpaired) electrons. The summed E-state index contributed by atoms with van der Waals surface area (Å²) >= 11 is 0. The molecular weight excluding hydrogens is 288 g/mol. The normalized spacial score (nSPS) is 25.0. The van der Waals surface area contributed by atoms with E-state index in [0.717, 1.165) is 25.1 Å². The van der Waals surface area contributed by atoms with Crippen molar-refractivity contribution in [2.75, 3.05) is 27.2 Å². The largest absolute Gasteiger partial charge is 0.497 e. The maximum atomic E-state index is 12.7. The number of rotatable bonds is 5. The molecule has 2 heterocycles. The van der Waals surface area contributed by atoms with Crippen molar-refractivity contribution in [2.45, 2.75) is 50.6 Å². The van der Waals surface area contributed by atoms with Crippen LogP contribution in [0.5, 0.6) is 5.75 Å². The molecule has 1 amide bonds. The summed E-state index contributed by atoms with van der Waals surface area (Å²) in [7, 11) is 3.88. The highest BCUT2D eigenvalue weighted by Gasteiger charge is 2.37. The van der Waals surface area contributed by atoms with E-state index in [9.17, 15) is 4.79 Å². The Kier molecular flexibility index (Phi) is 5.21. The van der Waals surface area contributed by atoms with Gasteiger partial charge in [0.05, 0.1) is 7.11 Å². The zero-order chi connectivity index (χ0) is 16.2. The standard InChI is InChI=1S/C19H28N2O2/c1-20-13-3-5-17(20)18-6-4-14-21(18)19(22)12-9-15-7-10-16(23-2)11-8-15/h7-8,10-11,17-18H,3-6,9,12-14H2,1-2H3/t17-,18-/m1/s1. The fourth-order valence-electron chi connectivity index (χ4n) is 4.11. The molecule has 0 N–H and O–H groups in total. The van der Waals surface area contributed by atoms with Crippen LogP contribution in [0.25, 0.3) is 0 Å². The molecule has 4 nitrogen and oxygen atoms in total. The van der Waals surface area contributed by atoms with E-state index in [4.69, 9.17) is 4.74 Å². The topological polar surface area (TPSA) is 32.8 Å². The summed E-state index contributed by atoms with van der Waals surface area (Å²) in [5, 5.41) is 0. The molecule has 1 aromatic carbocycles. The van der Waals surface area contributed by atoms with Crippen LogP contribution in [-0.2, 0) is 11.2 Å². The fourth-order valence-corrected chi connectivity index (χ4v) is 4.11. The third kappa shape index (κ3) is 3.69. The average Bonchev–Trinajstić information content (AvgIpc) is 3.21. The minimum atomic E-state index is 0.323. The molecule has 0 spiro atoms. The number of carbonyl (C=O) groups excluding carboxylic acids is 1. The zero-order valence-corrected chi connectivity index (χ0v) is 14.3. The number of hydrogen-bond donors (Lipinski definition) is 0. The Morgan fingerprint density at radius 2 is 1.83 bits per heavy atom. The molecule has 1 aromatic rings. The Labute approximate surface area is 139 Å². The zero-order valence-electron chi connectivity index (χ0n) is 14.3. The van der Waals surface area contributed by atoms with E-state index in [1.807, 2.05) is 12.1 Å². The van der Waals surface area contributed by atoms with Crippen molar-refractivity contribution in [1.29, 1.82) is 0 Å². The average molecular weight is 316 g/mol. The second-order valence-electron chi connectivity index (χ2n) is 6.83. The van der Waals surface area contributed by atoms with Crippen molar-refractivity contribution in [1.82, 2.24) is 9.80 Å². The first-order valence-corrected chi connectivity index (χ1v) is 8.81. The maximum absolute atomic E-state index is 12.7. The van der Waals surface area contributed by atoms with E-state index in [0.29, 0.717) is 24.4 Å². The number of carbonyl (C=O) groups is 1. The third-order valence-electron chi connectivity index (χ3n) is 5.43. The SMILES string of the molecule is COc1ccc(CCC(=O)N2CCC[C@@H]2[C@H]2CCCN2C)cc1. The molecule has 2 aliphatic heterocycles. The van der Waals surface area contributed by atoms with E-state index in [1.165, 1.54) is 31.4 Å². The van der Waals surface area contributed by atoms with Crippen molar-refractivity contribution in [3.05, 3.63) is 29.8 Å².